The largest absolute Gasteiger partial charge is 0.493 e. The molecule has 1 saturated carbocycles. The highest BCUT2D eigenvalue weighted by Crippen LogP contribution is 2.43. The highest BCUT2D eigenvalue weighted by Gasteiger charge is 2.46. The molecule has 12 heteroatoms. The number of rotatable bonds is 8. The number of nitrogens with one attached hydrogen (secondary N) is 1. The van der Waals surface area contributed by atoms with Crippen LogP contribution in [0.2, 0.25) is 0 Å². The zero-order valence-corrected chi connectivity index (χ0v) is 20.9. The summed E-state index contributed by atoms with van der Waals surface area (Å²) in [4.78, 5) is 16.4. The minimum Gasteiger partial charge on any atom is -0.493 e. The molecule has 2 aliphatic heterocycles. The van der Waals surface area contributed by atoms with Crippen LogP contribution in [-0.2, 0) is 10.0 Å². The maximum atomic E-state index is 14.9. The maximum Gasteiger partial charge on any atom is 0.326 e. The number of anilines is 1. The van der Waals surface area contributed by atoms with Crippen LogP contribution < -0.4 is 14.4 Å². The van der Waals surface area contributed by atoms with Crippen molar-refractivity contribution in [2.24, 2.45) is 5.92 Å². The summed E-state index contributed by atoms with van der Waals surface area (Å²) in [5, 5.41) is 4.44. The molecule has 2 aromatic carbocycles. The van der Waals surface area contributed by atoms with Crippen LogP contribution in [0.1, 0.15) is 26.2 Å². The van der Waals surface area contributed by atoms with Crippen LogP contribution in [0.25, 0.3) is 22.1 Å². The Bertz CT molecular complexity index is 1470. The quantitative estimate of drug-likeness (QED) is 0.472. The first-order chi connectivity index (χ1) is 17.7. The Labute approximate surface area is 212 Å². The molecule has 3 aliphatic rings. The van der Waals surface area contributed by atoms with Crippen LogP contribution in [-0.4, -0.2) is 62.0 Å². The molecule has 1 N–H and O–H groups in total. The monoisotopic (exact) mass is 532 g/mol. The minimum atomic E-state index is -3.40. The highest BCUT2D eigenvalue weighted by molar-refractivity contribution is 7.89. The van der Waals surface area contributed by atoms with E-state index in [0.717, 1.165) is 12.8 Å². The molecule has 0 spiro atoms. The molecule has 0 bridgehead atoms. The van der Waals surface area contributed by atoms with Gasteiger partial charge in [0.05, 0.1) is 29.4 Å². The van der Waals surface area contributed by atoms with Crippen molar-refractivity contribution in [1.82, 2.24) is 14.8 Å². The number of hydrogen-bond donors (Lipinski definition) is 1. The maximum absolute atomic E-state index is 14.9. The standard InChI is InChI=1S/C25H26F2N4O5S/c1-2-37(33,34)29-15-8-16-12-31(25(32)30(16)11-15)24-23-18(22-19(26)4-3-5-20(22)27)9-17(10-21(23)36-28-24)35-13-14-6-7-14/h3-5,9-10,14-16,29H,2,6-8,11-13H2,1H3/t15-,16-/m0/s1. The molecule has 3 fully saturated rings. The zero-order valence-electron chi connectivity index (χ0n) is 20.1. The number of carbonyl (C=O) groups is 1. The number of amides is 2. The summed E-state index contributed by atoms with van der Waals surface area (Å²) >= 11 is 0. The summed E-state index contributed by atoms with van der Waals surface area (Å²) in [6, 6.07) is 5.83. The third-order valence-corrected chi connectivity index (χ3v) is 8.66. The number of urea groups is 1. The Balaban J connectivity index is 1.36. The summed E-state index contributed by atoms with van der Waals surface area (Å²) in [5.41, 5.74) is 0.174. The summed E-state index contributed by atoms with van der Waals surface area (Å²) in [6.45, 7) is 2.52. The van der Waals surface area contributed by atoms with E-state index >= 15 is 0 Å². The summed E-state index contributed by atoms with van der Waals surface area (Å²) in [5.74, 6) is -0.526. The molecule has 2 atom stereocenters. The molecular formula is C25H26F2N4O5S. The number of carbonyl (C=O) groups excluding carboxylic acids is 1. The molecule has 2 saturated heterocycles. The van der Waals surface area contributed by atoms with Crippen molar-refractivity contribution in [3.63, 3.8) is 0 Å². The molecule has 3 aromatic rings. The molecule has 37 heavy (non-hydrogen) atoms. The van der Waals surface area contributed by atoms with Gasteiger partial charge in [0, 0.05) is 30.8 Å². The van der Waals surface area contributed by atoms with Crippen molar-refractivity contribution in [2.45, 2.75) is 38.3 Å². The van der Waals surface area contributed by atoms with Crippen LogP contribution in [0, 0.1) is 17.6 Å². The second-order valence-corrected chi connectivity index (χ2v) is 11.9. The SMILES string of the molecule is CCS(=O)(=O)N[C@H]1C[C@H]2CN(c3noc4cc(OCC5CC5)cc(-c5c(F)cccc5F)c34)C(=O)N2C1. The fourth-order valence-corrected chi connectivity index (χ4v) is 5.96. The number of hydrogen-bond acceptors (Lipinski definition) is 6. The van der Waals surface area contributed by atoms with Crippen LogP contribution in [0.4, 0.5) is 19.4 Å². The van der Waals surface area contributed by atoms with E-state index in [2.05, 4.69) is 9.88 Å². The van der Waals surface area contributed by atoms with Gasteiger partial charge in [0.1, 0.15) is 17.4 Å². The second kappa shape index (κ2) is 8.95. The molecule has 6 rings (SSSR count). The van der Waals surface area contributed by atoms with Crippen molar-refractivity contribution in [3.05, 3.63) is 42.0 Å². The molecule has 1 aliphatic carbocycles. The first kappa shape index (κ1) is 24.1. The second-order valence-electron chi connectivity index (χ2n) is 9.85. The smallest absolute Gasteiger partial charge is 0.326 e. The van der Waals surface area contributed by atoms with Crippen LogP contribution in [0.5, 0.6) is 5.75 Å². The number of ether oxygens (including phenoxy) is 1. The number of sulfonamides is 1. The van der Waals surface area contributed by atoms with Gasteiger partial charge >= 0.3 is 6.03 Å². The van der Waals surface area contributed by atoms with Gasteiger partial charge in [-0.2, -0.15) is 0 Å². The van der Waals surface area contributed by atoms with Crippen LogP contribution >= 0.6 is 0 Å². The van der Waals surface area contributed by atoms with E-state index in [1.165, 1.54) is 23.1 Å². The molecule has 0 radical (unpaired) electrons. The van der Waals surface area contributed by atoms with Gasteiger partial charge in [0.15, 0.2) is 11.4 Å². The number of halogens is 2. The van der Waals surface area contributed by atoms with Crippen LogP contribution in [0.15, 0.2) is 34.9 Å². The van der Waals surface area contributed by atoms with Gasteiger partial charge < -0.3 is 14.2 Å². The Morgan fingerprint density at radius 2 is 1.95 bits per heavy atom. The average molecular weight is 533 g/mol. The molecule has 196 valence electrons. The molecule has 2 amide bonds. The van der Waals surface area contributed by atoms with E-state index < -0.39 is 21.7 Å². The Hall–Kier alpha value is -3.25. The van der Waals surface area contributed by atoms with E-state index in [9.17, 15) is 22.0 Å². The Kier molecular flexibility index (Phi) is 5.83. The summed E-state index contributed by atoms with van der Waals surface area (Å²) in [7, 11) is -3.40. The predicted octanol–water partition coefficient (Wildman–Crippen LogP) is 3.88. The van der Waals surface area contributed by atoms with E-state index in [1.54, 1.807) is 24.0 Å². The molecule has 0 unspecified atom stereocenters. The molecular weight excluding hydrogens is 506 g/mol. The van der Waals surface area contributed by atoms with Crippen molar-refractivity contribution >= 4 is 32.8 Å². The number of fused-ring (bicyclic) bond motifs is 2. The fourth-order valence-electron chi connectivity index (χ4n) is 5.12. The summed E-state index contributed by atoms with van der Waals surface area (Å²) in [6.07, 6.45) is 2.61. The Morgan fingerprint density at radius 1 is 1.19 bits per heavy atom. The lowest BCUT2D eigenvalue weighted by Crippen LogP contribution is -2.41. The van der Waals surface area contributed by atoms with Crippen molar-refractivity contribution in [2.75, 3.05) is 30.3 Å². The van der Waals surface area contributed by atoms with Gasteiger partial charge in [0.25, 0.3) is 0 Å². The molecule has 1 aromatic heterocycles. The van der Waals surface area contributed by atoms with Gasteiger partial charge in [0.2, 0.25) is 10.0 Å². The lowest BCUT2D eigenvalue weighted by atomic mass is 9.99. The van der Waals surface area contributed by atoms with Crippen molar-refractivity contribution in [3.8, 4) is 16.9 Å². The van der Waals surface area contributed by atoms with Gasteiger partial charge in [-0.3, -0.25) is 4.90 Å². The fraction of sp³-hybridized carbons (Fsp3) is 0.440. The normalized spacial score (nSPS) is 21.8. The first-order valence-corrected chi connectivity index (χ1v) is 14.0. The lowest BCUT2D eigenvalue weighted by Gasteiger charge is -2.18. The van der Waals surface area contributed by atoms with E-state index in [-0.39, 0.29) is 59.5 Å². The van der Waals surface area contributed by atoms with E-state index in [1.807, 2.05) is 0 Å². The van der Waals surface area contributed by atoms with Gasteiger partial charge in [-0.1, -0.05) is 11.2 Å². The number of benzene rings is 2. The average Bonchev–Trinajstić information content (AvgIpc) is 3.35. The highest BCUT2D eigenvalue weighted by atomic mass is 32.2. The van der Waals surface area contributed by atoms with Gasteiger partial charge in [-0.15, -0.1) is 0 Å². The molecule has 9 nitrogen and oxygen atoms in total. The Morgan fingerprint density at radius 3 is 2.62 bits per heavy atom. The minimum absolute atomic E-state index is 0.0408. The van der Waals surface area contributed by atoms with Gasteiger partial charge in [-0.05, 0) is 50.3 Å². The topological polar surface area (TPSA) is 105 Å². The van der Waals surface area contributed by atoms with Gasteiger partial charge in [-0.25, -0.2) is 26.7 Å². The third-order valence-electron chi connectivity index (χ3n) is 7.21. The third kappa shape index (κ3) is 4.42. The first-order valence-electron chi connectivity index (χ1n) is 12.3. The van der Waals surface area contributed by atoms with E-state index in [0.29, 0.717) is 30.1 Å². The van der Waals surface area contributed by atoms with E-state index in [4.69, 9.17) is 9.26 Å². The summed E-state index contributed by atoms with van der Waals surface area (Å²) < 4.78 is 67.9. The lowest BCUT2D eigenvalue weighted by molar-refractivity contribution is 0.218. The number of nitrogens with zero attached hydrogens (tertiary/aromatic N) is 3. The van der Waals surface area contributed by atoms with Crippen molar-refractivity contribution in [1.29, 1.82) is 0 Å². The van der Waals surface area contributed by atoms with Crippen molar-refractivity contribution < 1.29 is 31.3 Å². The van der Waals surface area contributed by atoms with Crippen LogP contribution in [0.3, 0.4) is 0 Å². The molecule has 3 heterocycles. The zero-order chi connectivity index (χ0) is 25.9. The predicted molar refractivity (Wildman–Crippen MR) is 132 cm³/mol. The number of aromatic nitrogens is 1.